The zero-order chi connectivity index (χ0) is 11.6. The summed E-state index contributed by atoms with van der Waals surface area (Å²) in [5.41, 5.74) is 2.65. The van der Waals surface area contributed by atoms with Gasteiger partial charge in [0.2, 0.25) is 0 Å². The predicted molar refractivity (Wildman–Crippen MR) is 77.6 cm³/mol. The molecule has 0 amide bonds. The lowest BCUT2D eigenvalue weighted by molar-refractivity contribution is 0.718. The molecular weight excluding hydrogens is 236 g/mol. The van der Waals surface area contributed by atoms with Gasteiger partial charge in [0.15, 0.2) is 0 Å². The number of benzene rings is 1. The first kappa shape index (κ1) is 13.9. The molecular formula is C12H20N2S2. The van der Waals surface area contributed by atoms with Gasteiger partial charge in [-0.3, -0.25) is 0 Å². The maximum absolute atomic E-state index is 4.16. The maximum Gasteiger partial charge on any atom is 0.0205 e. The Morgan fingerprint density at radius 1 is 0.875 bits per heavy atom. The molecule has 0 radical (unpaired) electrons. The van der Waals surface area contributed by atoms with Gasteiger partial charge in [-0.15, -0.1) is 0 Å². The molecule has 0 aliphatic carbocycles. The number of nitrogens with one attached hydrogen (secondary N) is 2. The Hall–Kier alpha value is -0.160. The summed E-state index contributed by atoms with van der Waals surface area (Å²) in [6.07, 6.45) is 0. The zero-order valence-electron chi connectivity index (χ0n) is 9.45. The molecule has 0 aliphatic heterocycles. The van der Waals surface area contributed by atoms with E-state index in [1.54, 1.807) is 0 Å². The summed E-state index contributed by atoms with van der Waals surface area (Å²) in [7, 11) is 0. The van der Waals surface area contributed by atoms with Crippen LogP contribution in [0, 0.1) is 0 Å². The van der Waals surface area contributed by atoms with Crippen LogP contribution >= 0.6 is 25.3 Å². The van der Waals surface area contributed by atoms with E-state index in [1.165, 1.54) is 11.1 Å². The standard InChI is InChI=1S/C12H20N2S2/c15-6-4-13-9-11-2-1-3-12(8-11)10-14-5-7-16/h1-3,8,13-16H,4-7,9-10H2. The largest absolute Gasteiger partial charge is 0.312 e. The number of rotatable bonds is 8. The monoisotopic (exact) mass is 256 g/mol. The summed E-state index contributed by atoms with van der Waals surface area (Å²) in [6, 6.07) is 8.63. The normalized spacial score (nSPS) is 10.6. The second-order valence-electron chi connectivity index (χ2n) is 3.62. The minimum atomic E-state index is 0.878. The highest BCUT2D eigenvalue weighted by Crippen LogP contribution is 2.04. The van der Waals surface area contributed by atoms with Crippen molar-refractivity contribution < 1.29 is 0 Å². The van der Waals surface area contributed by atoms with E-state index in [1.807, 2.05) is 0 Å². The molecule has 4 heteroatoms. The lowest BCUT2D eigenvalue weighted by atomic mass is 10.1. The van der Waals surface area contributed by atoms with Crippen molar-refractivity contribution in [2.75, 3.05) is 24.6 Å². The van der Waals surface area contributed by atoms with Crippen molar-refractivity contribution in [3.8, 4) is 0 Å². The third-order valence-corrected chi connectivity index (χ3v) is 2.67. The number of hydrogen-bond donors (Lipinski definition) is 4. The SMILES string of the molecule is SCCNCc1cccc(CNCCS)c1. The van der Waals surface area contributed by atoms with Crippen molar-refractivity contribution in [1.82, 2.24) is 10.6 Å². The minimum Gasteiger partial charge on any atom is -0.312 e. The third-order valence-electron chi connectivity index (χ3n) is 2.23. The smallest absolute Gasteiger partial charge is 0.0205 e. The van der Waals surface area contributed by atoms with Crippen LogP contribution in [0.15, 0.2) is 24.3 Å². The van der Waals surface area contributed by atoms with Gasteiger partial charge in [0.05, 0.1) is 0 Å². The summed E-state index contributed by atoms with van der Waals surface area (Å²) < 4.78 is 0. The average molecular weight is 256 g/mol. The molecule has 0 fully saturated rings. The van der Waals surface area contributed by atoms with Crippen LogP contribution < -0.4 is 10.6 Å². The van der Waals surface area contributed by atoms with Crippen molar-refractivity contribution >= 4 is 25.3 Å². The Morgan fingerprint density at radius 3 is 1.81 bits per heavy atom. The predicted octanol–water partition coefficient (Wildman–Crippen LogP) is 1.73. The van der Waals surface area contributed by atoms with Gasteiger partial charge in [-0.25, -0.2) is 0 Å². The molecule has 0 heterocycles. The van der Waals surface area contributed by atoms with Crippen LogP contribution in [0.25, 0.3) is 0 Å². The molecule has 16 heavy (non-hydrogen) atoms. The molecule has 0 saturated carbocycles. The topological polar surface area (TPSA) is 24.1 Å². The van der Waals surface area contributed by atoms with Gasteiger partial charge in [0, 0.05) is 37.7 Å². The van der Waals surface area contributed by atoms with Crippen LogP contribution in [0.3, 0.4) is 0 Å². The Balaban J connectivity index is 2.37. The molecule has 0 bridgehead atoms. The van der Waals surface area contributed by atoms with Gasteiger partial charge in [0.1, 0.15) is 0 Å². The summed E-state index contributed by atoms with van der Waals surface area (Å²) in [4.78, 5) is 0. The Labute approximate surface area is 109 Å². The van der Waals surface area contributed by atoms with E-state index in [-0.39, 0.29) is 0 Å². The molecule has 1 aromatic rings. The molecule has 90 valence electrons. The van der Waals surface area contributed by atoms with Crippen molar-refractivity contribution in [3.05, 3.63) is 35.4 Å². The van der Waals surface area contributed by atoms with E-state index < -0.39 is 0 Å². The van der Waals surface area contributed by atoms with E-state index in [0.717, 1.165) is 37.7 Å². The van der Waals surface area contributed by atoms with Crippen LogP contribution in [0.1, 0.15) is 11.1 Å². The summed E-state index contributed by atoms with van der Waals surface area (Å²) >= 11 is 8.33. The minimum absolute atomic E-state index is 0.878. The van der Waals surface area contributed by atoms with E-state index >= 15 is 0 Å². The molecule has 0 saturated heterocycles. The van der Waals surface area contributed by atoms with Gasteiger partial charge >= 0.3 is 0 Å². The van der Waals surface area contributed by atoms with Crippen LogP contribution in [0.4, 0.5) is 0 Å². The first-order valence-corrected chi connectivity index (χ1v) is 6.84. The molecule has 0 atom stereocenters. The van der Waals surface area contributed by atoms with Gasteiger partial charge in [-0.05, 0) is 11.1 Å². The zero-order valence-corrected chi connectivity index (χ0v) is 11.2. The van der Waals surface area contributed by atoms with Crippen molar-refractivity contribution in [2.24, 2.45) is 0 Å². The van der Waals surface area contributed by atoms with Crippen molar-refractivity contribution in [2.45, 2.75) is 13.1 Å². The highest BCUT2D eigenvalue weighted by Gasteiger charge is 1.95. The lowest BCUT2D eigenvalue weighted by Crippen LogP contribution is -2.17. The van der Waals surface area contributed by atoms with Crippen molar-refractivity contribution in [1.29, 1.82) is 0 Å². The maximum atomic E-state index is 4.16. The second kappa shape index (κ2) is 8.93. The van der Waals surface area contributed by atoms with Crippen LogP contribution in [0.2, 0.25) is 0 Å². The van der Waals surface area contributed by atoms with Gasteiger partial charge < -0.3 is 10.6 Å². The quantitative estimate of drug-likeness (QED) is 0.421. The van der Waals surface area contributed by atoms with E-state index in [4.69, 9.17) is 0 Å². The Morgan fingerprint density at radius 2 is 1.38 bits per heavy atom. The first-order valence-electron chi connectivity index (χ1n) is 5.58. The highest BCUT2D eigenvalue weighted by molar-refractivity contribution is 7.80. The Kier molecular flexibility index (Phi) is 7.76. The molecule has 1 aromatic carbocycles. The fourth-order valence-electron chi connectivity index (χ4n) is 1.47. The Bertz CT molecular complexity index is 267. The van der Waals surface area contributed by atoms with Gasteiger partial charge in [-0.2, -0.15) is 25.3 Å². The fourth-order valence-corrected chi connectivity index (χ4v) is 1.79. The van der Waals surface area contributed by atoms with Crippen LogP contribution in [0.5, 0.6) is 0 Å². The van der Waals surface area contributed by atoms with E-state index in [0.29, 0.717) is 0 Å². The highest BCUT2D eigenvalue weighted by atomic mass is 32.1. The molecule has 1 rings (SSSR count). The van der Waals surface area contributed by atoms with Crippen LogP contribution in [-0.4, -0.2) is 24.6 Å². The molecule has 0 aromatic heterocycles. The second-order valence-corrected chi connectivity index (χ2v) is 4.52. The number of hydrogen-bond acceptors (Lipinski definition) is 4. The summed E-state index contributed by atoms with van der Waals surface area (Å²) in [6.45, 7) is 3.73. The summed E-state index contributed by atoms with van der Waals surface area (Å²) in [5, 5.41) is 6.67. The first-order chi connectivity index (χ1) is 7.86. The summed E-state index contributed by atoms with van der Waals surface area (Å²) in [5.74, 6) is 1.76. The average Bonchev–Trinajstić information content (AvgIpc) is 2.30. The van der Waals surface area contributed by atoms with Gasteiger partial charge in [0.25, 0.3) is 0 Å². The molecule has 0 unspecified atom stereocenters. The van der Waals surface area contributed by atoms with Gasteiger partial charge in [-0.1, -0.05) is 24.3 Å². The fraction of sp³-hybridized carbons (Fsp3) is 0.500. The molecule has 2 nitrogen and oxygen atoms in total. The lowest BCUT2D eigenvalue weighted by Gasteiger charge is -2.07. The van der Waals surface area contributed by atoms with E-state index in [2.05, 4.69) is 60.2 Å². The van der Waals surface area contributed by atoms with Crippen molar-refractivity contribution in [3.63, 3.8) is 0 Å². The molecule has 0 spiro atoms. The molecule has 2 N–H and O–H groups in total. The van der Waals surface area contributed by atoms with E-state index in [9.17, 15) is 0 Å². The molecule has 0 aliphatic rings. The third kappa shape index (κ3) is 5.80. The number of thiol groups is 2. The van der Waals surface area contributed by atoms with Crippen LogP contribution in [-0.2, 0) is 13.1 Å².